The lowest BCUT2D eigenvalue weighted by atomic mass is 10.5. The van der Waals surface area contributed by atoms with Gasteiger partial charge in [0.15, 0.2) is 3.42 Å². The summed E-state index contributed by atoms with van der Waals surface area (Å²) >= 11 is 12.2. The summed E-state index contributed by atoms with van der Waals surface area (Å²) in [6, 6.07) is 0. The van der Waals surface area contributed by atoms with Gasteiger partial charge in [0.2, 0.25) is 0 Å². The third-order valence-corrected chi connectivity index (χ3v) is 4.18. The second kappa shape index (κ2) is 9.40. The lowest BCUT2D eigenvalue weighted by molar-refractivity contribution is 0.240. The van der Waals surface area contributed by atoms with Crippen LogP contribution >= 0.6 is 63.7 Å². The average Bonchev–Trinajstić information content (AvgIpc) is 2.03. The first-order chi connectivity index (χ1) is 5.37. The van der Waals surface area contributed by atoms with E-state index in [-0.39, 0.29) is 11.4 Å². The molecule has 0 aromatic carbocycles. The van der Waals surface area contributed by atoms with Crippen LogP contribution in [0.4, 0.5) is 0 Å². The summed E-state index contributed by atoms with van der Waals surface area (Å²) in [6.45, 7) is 2.06. The average molecular weight is 436 g/mol. The van der Waals surface area contributed by atoms with Crippen molar-refractivity contribution in [2.45, 2.75) is 21.6 Å². The Balaban J connectivity index is 0. The summed E-state index contributed by atoms with van der Waals surface area (Å²) in [7, 11) is 0. The first-order valence-corrected chi connectivity index (χ1v) is 6.90. The van der Waals surface area contributed by atoms with E-state index in [0.29, 0.717) is 6.42 Å². The monoisotopic (exact) mass is 432 g/mol. The minimum Gasteiger partial charge on any atom is -0.395 e. The fourth-order valence-corrected chi connectivity index (χ4v) is 0.254. The van der Waals surface area contributed by atoms with Crippen molar-refractivity contribution in [1.82, 2.24) is 0 Å². The number of aliphatic hydroxyl groups excluding tert-OH is 1. The minimum atomic E-state index is -0.833. The molecule has 0 radical (unpaired) electrons. The van der Waals surface area contributed by atoms with Gasteiger partial charge in [0.1, 0.15) is 0 Å². The Morgan fingerprint density at radius 2 is 1.75 bits per heavy atom. The van der Waals surface area contributed by atoms with E-state index in [1.165, 1.54) is 0 Å². The molecule has 0 fully saturated rings. The van der Waals surface area contributed by atoms with E-state index in [4.69, 9.17) is 10.2 Å². The van der Waals surface area contributed by atoms with Gasteiger partial charge in [-0.3, -0.25) is 0 Å². The summed E-state index contributed by atoms with van der Waals surface area (Å²) in [5.74, 6) is 0. The molecule has 0 aromatic rings. The molecule has 12 heavy (non-hydrogen) atoms. The molecule has 0 saturated carbocycles. The Morgan fingerprint density at radius 3 is 1.75 bits per heavy atom. The molecule has 0 heterocycles. The summed E-state index contributed by atoms with van der Waals surface area (Å²) in [6.07, 6.45) is 0.660. The zero-order chi connectivity index (χ0) is 10.2. The van der Waals surface area contributed by atoms with Crippen molar-refractivity contribution in [2.75, 3.05) is 11.9 Å². The van der Waals surface area contributed by atoms with Crippen molar-refractivity contribution < 1.29 is 10.2 Å². The maximum Gasteiger partial charge on any atom is 0.174 e. The van der Waals surface area contributed by atoms with Gasteiger partial charge < -0.3 is 10.2 Å². The number of hydrogen-bond acceptors (Lipinski definition) is 2. The molecule has 0 spiro atoms. The Kier molecular flexibility index (Phi) is 12.7. The van der Waals surface area contributed by atoms with Crippen molar-refractivity contribution in [2.24, 2.45) is 0 Å². The molecule has 2 nitrogen and oxygen atoms in total. The molecule has 0 aromatic heterocycles. The Labute approximate surface area is 107 Å². The molecular formula is C6H12Br4O2. The standard InChI is InChI=1S/2C3H6Br2O/c4-1-3(5)2-6;1-2-3(4,5)6/h3,6H,1-2H2;6H,2H2,1H3. The highest BCUT2D eigenvalue weighted by molar-refractivity contribution is 9.25. The van der Waals surface area contributed by atoms with Gasteiger partial charge in [-0.1, -0.05) is 38.8 Å². The highest BCUT2D eigenvalue weighted by Gasteiger charge is 2.11. The zero-order valence-corrected chi connectivity index (χ0v) is 12.9. The molecule has 0 aliphatic rings. The van der Waals surface area contributed by atoms with E-state index in [1.54, 1.807) is 0 Å². The molecular weight excluding hydrogens is 424 g/mol. The number of aliphatic hydroxyl groups is 2. The van der Waals surface area contributed by atoms with E-state index >= 15 is 0 Å². The van der Waals surface area contributed by atoms with E-state index in [1.807, 2.05) is 6.92 Å². The van der Waals surface area contributed by atoms with Crippen LogP contribution in [0.1, 0.15) is 13.3 Å². The molecule has 0 aliphatic carbocycles. The Morgan fingerprint density at radius 1 is 1.42 bits per heavy atom. The largest absolute Gasteiger partial charge is 0.395 e. The third kappa shape index (κ3) is 17.8. The third-order valence-electron chi connectivity index (χ3n) is 0.791. The molecule has 0 amide bonds. The van der Waals surface area contributed by atoms with Gasteiger partial charge in [0.25, 0.3) is 0 Å². The van der Waals surface area contributed by atoms with Crippen molar-refractivity contribution >= 4 is 63.7 Å². The summed E-state index contributed by atoms with van der Waals surface area (Å²) in [5.41, 5.74) is 0. The minimum absolute atomic E-state index is 0.200. The molecule has 0 aliphatic heterocycles. The predicted octanol–water partition coefficient (Wildman–Crippen LogP) is 2.97. The molecule has 1 unspecified atom stereocenters. The van der Waals surface area contributed by atoms with Gasteiger partial charge in [0, 0.05) is 10.2 Å². The van der Waals surface area contributed by atoms with Crippen LogP contribution in [0.3, 0.4) is 0 Å². The van der Waals surface area contributed by atoms with Crippen LogP contribution in [-0.2, 0) is 0 Å². The van der Waals surface area contributed by atoms with Crippen LogP contribution in [0.2, 0.25) is 0 Å². The van der Waals surface area contributed by atoms with Gasteiger partial charge in [0.05, 0.1) is 6.61 Å². The van der Waals surface area contributed by atoms with E-state index in [9.17, 15) is 0 Å². The van der Waals surface area contributed by atoms with Gasteiger partial charge in [-0.15, -0.1) is 0 Å². The van der Waals surface area contributed by atoms with Crippen LogP contribution < -0.4 is 0 Å². The van der Waals surface area contributed by atoms with E-state index in [2.05, 4.69) is 63.7 Å². The number of halogens is 4. The lowest BCUT2D eigenvalue weighted by Crippen LogP contribution is -2.04. The van der Waals surface area contributed by atoms with Crippen LogP contribution in [0, 0.1) is 0 Å². The van der Waals surface area contributed by atoms with Crippen molar-refractivity contribution in [1.29, 1.82) is 0 Å². The van der Waals surface area contributed by atoms with Crippen LogP contribution in [0.15, 0.2) is 0 Å². The summed E-state index contributed by atoms with van der Waals surface area (Å²) in [5, 5.41) is 17.7. The van der Waals surface area contributed by atoms with E-state index < -0.39 is 3.42 Å². The second-order valence-corrected chi connectivity index (χ2v) is 7.58. The fourth-order valence-electron chi connectivity index (χ4n) is 0.0488. The summed E-state index contributed by atoms with van der Waals surface area (Å²) < 4.78 is -0.833. The topological polar surface area (TPSA) is 40.5 Å². The predicted molar refractivity (Wildman–Crippen MR) is 66.7 cm³/mol. The summed E-state index contributed by atoms with van der Waals surface area (Å²) in [4.78, 5) is 0.220. The molecule has 0 rings (SSSR count). The van der Waals surface area contributed by atoms with Crippen LogP contribution in [0.5, 0.6) is 0 Å². The first-order valence-electron chi connectivity index (χ1n) is 3.28. The van der Waals surface area contributed by atoms with Crippen molar-refractivity contribution in [3.05, 3.63) is 0 Å². The first kappa shape index (κ1) is 16.3. The molecule has 0 bridgehead atoms. The van der Waals surface area contributed by atoms with Gasteiger partial charge in [-0.2, -0.15) is 0 Å². The van der Waals surface area contributed by atoms with Crippen LogP contribution in [-0.4, -0.2) is 30.4 Å². The smallest absolute Gasteiger partial charge is 0.174 e. The van der Waals surface area contributed by atoms with Gasteiger partial charge in [-0.05, 0) is 38.3 Å². The highest BCUT2D eigenvalue weighted by Crippen LogP contribution is 2.24. The fraction of sp³-hybridized carbons (Fsp3) is 1.00. The molecule has 2 N–H and O–H groups in total. The molecule has 76 valence electrons. The van der Waals surface area contributed by atoms with Crippen molar-refractivity contribution in [3.8, 4) is 0 Å². The quantitative estimate of drug-likeness (QED) is 0.669. The second-order valence-electron chi connectivity index (χ2n) is 1.95. The Bertz CT molecular complexity index is 90.0. The molecule has 1 atom stereocenters. The van der Waals surface area contributed by atoms with Crippen molar-refractivity contribution in [3.63, 3.8) is 0 Å². The Hall–Kier alpha value is 1.84. The lowest BCUT2D eigenvalue weighted by Gasteiger charge is -2.06. The zero-order valence-electron chi connectivity index (χ0n) is 6.60. The number of rotatable bonds is 3. The normalized spacial score (nSPS) is 13.2. The number of hydrogen-bond donors (Lipinski definition) is 2. The maximum absolute atomic E-state index is 8.66. The molecule has 6 heteroatoms. The van der Waals surface area contributed by atoms with E-state index in [0.717, 1.165) is 5.33 Å². The number of alkyl halides is 4. The van der Waals surface area contributed by atoms with Crippen LogP contribution in [0.25, 0.3) is 0 Å². The molecule has 0 saturated heterocycles. The van der Waals surface area contributed by atoms with Gasteiger partial charge >= 0.3 is 0 Å². The van der Waals surface area contributed by atoms with Gasteiger partial charge in [-0.25, -0.2) is 0 Å². The SMILES string of the molecule is CCC(O)(Br)Br.OCC(Br)CBr. The highest BCUT2D eigenvalue weighted by atomic mass is 79.9. The maximum atomic E-state index is 8.66.